The number of aromatic nitrogens is 2. The van der Waals surface area contributed by atoms with Gasteiger partial charge in [-0.15, -0.1) is 0 Å². The minimum absolute atomic E-state index is 0.112. The lowest BCUT2D eigenvalue weighted by Gasteiger charge is -2.18. The van der Waals surface area contributed by atoms with Crippen LogP contribution in [0.4, 0.5) is 5.95 Å². The van der Waals surface area contributed by atoms with Crippen molar-refractivity contribution in [3.8, 4) is 6.07 Å². The van der Waals surface area contributed by atoms with Crippen molar-refractivity contribution in [1.82, 2.24) is 9.97 Å². The van der Waals surface area contributed by atoms with Crippen LogP contribution in [0.5, 0.6) is 0 Å². The Kier molecular flexibility index (Phi) is 5.24. The summed E-state index contributed by atoms with van der Waals surface area (Å²) < 4.78 is 4.92. The summed E-state index contributed by atoms with van der Waals surface area (Å²) in [5.74, 6) is -0.0362. The predicted molar refractivity (Wildman–Crippen MR) is 70.8 cm³/mol. The molecule has 1 rings (SSSR count). The molecule has 0 fully saturated rings. The molecule has 19 heavy (non-hydrogen) atoms. The largest absolute Gasteiger partial charge is 0.462 e. The third-order valence-electron chi connectivity index (χ3n) is 2.57. The van der Waals surface area contributed by atoms with Crippen LogP contribution in [0.15, 0.2) is 6.20 Å². The van der Waals surface area contributed by atoms with Crippen molar-refractivity contribution in [3.63, 3.8) is 0 Å². The van der Waals surface area contributed by atoms with E-state index in [9.17, 15) is 4.79 Å². The van der Waals surface area contributed by atoms with Crippen molar-refractivity contribution in [2.75, 3.05) is 25.1 Å². The Hall–Kier alpha value is -2.16. The van der Waals surface area contributed by atoms with Crippen molar-refractivity contribution in [2.45, 2.75) is 20.8 Å². The SMILES string of the molecule is CCOC(=O)c1cnc(N(C)CC(C)C#N)nc1C. The molecule has 0 amide bonds. The maximum absolute atomic E-state index is 11.6. The molecule has 6 nitrogen and oxygen atoms in total. The van der Waals surface area contributed by atoms with Gasteiger partial charge in [0, 0.05) is 19.8 Å². The second-order valence-electron chi connectivity index (χ2n) is 4.30. The van der Waals surface area contributed by atoms with Gasteiger partial charge in [-0.3, -0.25) is 0 Å². The molecule has 0 aromatic carbocycles. The number of nitrogens with zero attached hydrogens (tertiary/aromatic N) is 4. The smallest absolute Gasteiger partial charge is 0.341 e. The number of hydrogen-bond donors (Lipinski definition) is 0. The molecule has 102 valence electrons. The van der Waals surface area contributed by atoms with Crippen molar-refractivity contribution in [2.24, 2.45) is 5.92 Å². The molecular formula is C13H18N4O2. The van der Waals surface area contributed by atoms with Crippen LogP contribution in [0.2, 0.25) is 0 Å². The fourth-order valence-electron chi connectivity index (χ4n) is 1.58. The molecule has 1 aromatic heterocycles. The van der Waals surface area contributed by atoms with Gasteiger partial charge in [0.2, 0.25) is 5.95 Å². The van der Waals surface area contributed by atoms with E-state index in [0.717, 1.165) is 0 Å². The maximum atomic E-state index is 11.6. The first-order valence-corrected chi connectivity index (χ1v) is 6.11. The van der Waals surface area contributed by atoms with Gasteiger partial charge in [0.05, 0.1) is 29.9 Å². The maximum Gasteiger partial charge on any atom is 0.341 e. The van der Waals surface area contributed by atoms with Crippen molar-refractivity contribution < 1.29 is 9.53 Å². The minimum atomic E-state index is -0.417. The summed E-state index contributed by atoms with van der Waals surface area (Å²) in [5.41, 5.74) is 0.937. The summed E-state index contributed by atoms with van der Waals surface area (Å²) in [6.07, 6.45) is 1.46. The normalized spacial score (nSPS) is 11.5. The molecule has 0 radical (unpaired) electrons. The predicted octanol–water partition coefficient (Wildman–Crippen LogP) is 1.56. The zero-order chi connectivity index (χ0) is 14.4. The van der Waals surface area contributed by atoms with E-state index in [0.29, 0.717) is 30.4 Å². The Morgan fingerprint density at radius 2 is 2.32 bits per heavy atom. The highest BCUT2D eigenvalue weighted by Gasteiger charge is 2.15. The minimum Gasteiger partial charge on any atom is -0.462 e. The summed E-state index contributed by atoms with van der Waals surface area (Å²) in [6.45, 7) is 6.17. The molecule has 1 unspecified atom stereocenters. The molecule has 0 aliphatic carbocycles. The van der Waals surface area contributed by atoms with Crippen LogP contribution in [-0.4, -0.2) is 36.1 Å². The van der Waals surface area contributed by atoms with E-state index in [1.807, 2.05) is 14.0 Å². The third kappa shape index (κ3) is 3.91. The van der Waals surface area contributed by atoms with Crippen LogP contribution in [0.25, 0.3) is 0 Å². The molecule has 0 N–H and O–H groups in total. The van der Waals surface area contributed by atoms with Gasteiger partial charge in [-0.1, -0.05) is 0 Å². The van der Waals surface area contributed by atoms with Gasteiger partial charge in [-0.2, -0.15) is 5.26 Å². The second-order valence-corrected chi connectivity index (χ2v) is 4.30. The molecule has 0 saturated carbocycles. The Morgan fingerprint density at radius 1 is 1.63 bits per heavy atom. The van der Waals surface area contributed by atoms with Crippen LogP contribution in [-0.2, 0) is 4.74 Å². The Balaban J connectivity index is 2.88. The highest BCUT2D eigenvalue weighted by molar-refractivity contribution is 5.90. The summed E-state index contributed by atoms with van der Waals surface area (Å²) >= 11 is 0. The van der Waals surface area contributed by atoms with Gasteiger partial charge in [-0.25, -0.2) is 14.8 Å². The highest BCUT2D eigenvalue weighted by atomic mass is 16.5. The van der Waals surface area contributed by atoms with Crippen LogP contribution < -0.4 is 4.90 Å². The van der Waals surface area contributed by atoms with Crippen LogP contribution in [0, 0.1) is 24.2 Å². The van der Waals surface area contributed by atoms with Crippen molar-refractivity contribution in [3.05, 3.63) is 17.5 Å². The summed E-state index contributed by atoms with van der Waals surface area (Å²) in [5, 5.41) is 8.78. The number of ether oxygens (including phenoxy) is 1. The first-order chi connectivity index (χ1) is 8.99. The average molecular weight is 262 g/mol. The lowest BCUT2D eigenvalue weighted by Crippen LogP contribution is -2.25. The third-order valence-corrected chi connectivity index (χ3v) is 2.57. The van der Waals surface area contributed by atoms with Gasteiger partial charge in [0.15, 0.2) is 0 Å². The van der Waals surface area contributed by atoms with Gasteiger partial charge >= 0.3 is 5.97 Å². The van der Waals surface area contributed by atoms with E-state index in [1.54, 1.807) is 18.7 Å². The lowest BCUT2D eigenvalue weighted by molar-refractivity contribution is 0.0524. The van der Waals surface area contributed by atoms with E-state index in [2.05, 4.69) is 16.0 Å². The Bertz CT molecular complexity index is 496. The molecule has 0 aliphatic heterocycles. The van der Waals surface area contributed by atoms with E-state index in [1.165, 1.54) is 6.20 Å². The molecule has 1 aromatic rings. The van der Waals surface area contributed by atoms with Crippen molar-refractivity contribution in [1.29, 1.82) is 5.26 Å². The average Bonchev–Trinajstić information content (AvgIpc) is 2.38. The lowest BCUT2D eigenvalue weighted by atomic mass is 10.2. The standard InChI is InChI=1S/C13H18N4O2/c1-5-19-12(18)11-7-15-13(16-10(11)3)17(4)8-9(2)6-14/h7,9H,5,8H2,1-4H3. The van der Waals surface area contributed by atoms with Gasteiger partial charge in [0.25, 0.3) is 0 Å². The number of esters is 1. The number of anilines is 1. The molecule has 0 aliphatic rings. The van der Waals surface area contributed by atoms with Gasteiger partial charge < -0.3 is 9.64 Å². The number of hydrogen-bond acceptors (Lipinski definition) is 6. The molecule has 1 heterocycles. The topological polar surface area (TPSA) is 79.1 Å². The number of aryl methyl sites for hydroxylation is 1. The number of nitriles is 1. The number of carbonyl (C=O) groups excluding carboxylic acids is 1. The summed E-state index contributed by atoms with van der Waals surface area (Å²) in [7, 11) is 1.81. The van der Waals surface area contributed by atoms with Crippen molar-refractivity contribution >= 4 is 11.9 Å². The fourth-order valence-corrected chi connectivity index (χ4v) is 1.58. The van der Waals surface area contributed by atoms with E-state index in [-0.39, 0.29) is 5.92 Å². The van der Waals surface area contributed by atoms with Crippen LogP contribution >= 0.6 is 0 Å². The van der Waals surface area contributed by atoms with E-state index in [4.69, 9.17) is 10.00 Å². The number of rotatable bonds is 5. The quantitative estimate of drug-likeness (QED) is 0.749. The summed E-state index contributed by atoms with van der Waals surface area (Å²) in [4.78, 5) is 21.8. The van der Waals surface area contributed by atoms with Crippen LogP contribution in [0.1, 0.15) is 29.9 Å². The monoisotopic (exact) mass is 262 g/mol. The Labute approximate surface area is 113 Å². The zero-order valence-corrected chi connectivity index (χ0v) is 11.7. The van der Waals surface area contributed by atoms with Gasteiger partial charge in [0.1, 0.15) is 0 Å². The van der Waals surface area contributed by atoms with Gasteiger partial charge in [-0.05, 0) is 20.8 Å². The first-order valence-electron chi connectivity index (χ1n) is 6.11. The van der Waals surface area contributed by atoms with E-state index >= 15 is 0 Å². The molecule has 0 saturated heterocycles. The first kappa shape index (κ1) is 14.9. The molecular weight excluding hydrogens is 244 g/mol. The van der Waals surface area contributed by atoms with E-state index < -0.39 is 5.97 Å². The molecule has 1 atom stereocenters. The molecule has 0 bridgehead atoms. The highest BCUT2D eigenvalue weighted by Crippen LogP contribution is 2.12. The zero-order valence-electron chi connectivity index (χ0n) is 11.7. The Morgan fingerprint density at radius 3 is 2.84 bits per heavy atom. The molecule has 6 heteroatoms. The second kappa shape index (κ2) is 6.69. The fraction of sp³-hybridized carbons (Fsp3) is 0.538. The van der Waals surface area contributed by atoms with Crippen LogP contribution in [0.3, 0.4) is 0 Å². The molecule has 0 spiro atoms. The number of carbonyl (C=O) groups is 1. The summed E-state index contributed by atoms with van der Waals surface area (Å²) in [6, 6.07) is 2.16.